The summed E-state index contributed by atoms with van der Waals surface area (Å²) in [5.74, 6) is -4.51. The second-order valence-electron chi connectivity index (χ2n) is 4.13. The van der Waals surface area contributed by atoms with Crippen LogP contribution in [0.5, 0.6) is 0 Å². The van der Waals surface area contributed by atoms with Crippen LogP contribution in [-0.4, -0.2) is 49.1 Å². The molecular formula is C8H8N3O8S2-. The Hall–Kier alpha value is -1.86. The van der Waals surface area contributed by atoms with Crippen LogP contribution in [0.2, 0.25) is 0 Å². The molecule has 13 heteroatoms. The Morgan fingerprint density at radius 3 is 1.10 bits per heavy atom. The molecule has 0 aromatic rings. The summed E-state index contributed by atoms with van der Waals surface area (Å²) in [4.78, 5) is 45.2. The average Bonchev–Trinajstić information content (AvgIpc) is 2.81. The third kappa shape index (κ3) is 2.66. The molecule has 11 nitrogen and oxygen atoms in total. The van der Waals surface area contributed by atoms with E-state index < -0.39 is 69.7 Å². The van der Waals surface area contributed by atoms with E-state index in [0.29, 0.717) is 0 Å². The van der Waals surface area contributed by atoms with Crippen molar-refractivity contribution in [2.75, 3.05) is 0 Å². The van der Waals surface area contributed by atoms with Crippen molar-refractivity contribution < 1.29 is 36.0 Å². The van der Waals surface area contributed by atoms with E-state index in [1.807, 2.05) is 0 Å². The van der Waals surface area contributed by atoms with Gasteiger partial charge in [-0.2, -0.15) is 8.61 Å². The van der Waals surface area contributed by atoms with Crippen molar-refractivity contribution >= 4 is 44.0 Å². The number of hydrogen-bond donors (Lipinski definition) is 0. The van der Waals surface area contributed by atoms with Crippen LogP contribution in [0.3, 0.4) is 0 Å². The van der Waals surface area contributed by atoms with Crippen molar-refractivity contribution in [2.24, 2.45) is 0 Å². The average molecular weight is 338 g/mol. The van der Waals surface area contributed by atoms with E-state index in [4.69, 9.17) is 0 Å². The summed E-state index contributed by atoms with van der Waals surface area (Å²) < 4.78 is 48.8. The molecule has 21 heavy (non-hydrogen) atoms. The fourth-order valence-corrected chi connectivity index (χ4v) is 4.69. The summed E-state index contributed by atoms with van der Waals surface area (Å²) >= 11 is 0. The van der Waals surface area contributed by atoms with E-state index in [0.717, 1.165) is 0 Å². The van der Waals surface area contributed by atoms with Crippen LogP contribution in [-0.2, 0) is 39.6 Å². The third-order valence-electron chi connectivity index (χ3n) is 2.66. The third-order valence-corrected chi connectivity index (χ3v) is 5.91. The molecule has 2 heterocycles. The Balaban J connectivity index is 2.32. The molecule has 0 bridgehead atoms. The minimum Gasteiger partial charge on any atom is -0.398 e. The summed E-state index contributed by atoms with van der Waals surface area (Å²) in [6.07, 6.45) is -1.57. The summed E-state index contributed by atoms with van der Waals surface area (Å²) in [7, 11) is -10.4. The largest absolute Gasteiger partial charge is 0.398 e. The first-order valence-corrected chi connectivity index (χ1v) is 8.32. The van der Waals surface area contributed by atoms with Crippen LogP contribution in [0.15, 0.2) is 0 Å². The van der Waals surface area contributed by atoms with Gasteiger partial charge in [0.25, 0.3) is 0 Å². The number of imide groups is 2. The highest BCUT2D eigenvalue weighted by Gasteiger charge is 2.39. The van der Waals surface area contributed by atoms with Crippen molar-refractivity contribution in [3.63, 3.8) is 0 Å². The number of carbonyl (C=O) groups is 4. The van der Waals surface area contributed by atoms with E-state index in [1.54, 1.807) is 0 Å². The molecule has 0 N–H and O–H groups in total. The monoisotopic (exact) mass is 338 g/mol. The first kappa shape index (κ1) is 15.5. The molecule has 0 aromatic heterocycles. The lowest BCUT2D eigenvalue weighted by atomic mass is 10.4. The predicted molar refractivity (Wildman–Crippen MR) is 63.4 cm³/mol. The van der Waals surface area contributed by atoms with E-state index in [-0.39, 0.29) is 8.61 Å². The molecule has 2 aliphatic heterocycles. The van der Waals surface area contributed by atoms with Gasteiger partial charge in [-0.15, -0.1) is 0 Å². The topological polar surface area (TPSA) is 157 Å². The Morgan fingerprint density at radius 2 is 0.857 bits per heavy atom. The zero-order chi connectivity index (χ0) is 16.0. The fraction of sp³-hybridized carbons (Fsp3) is 0.500. The van der Waals surface area contributed by atoms with Crippen LogP contribution in [0.4, 0.5) is 0 Å². The van der Waals surface area contributed by atoms with Gasteiger partial charge in [0.05, 0.1) is 0 Å². The van der Waals surface area contributed by atoms with Gasteiger partial charge in [0.15, 0.2) is 20.4 Å². The maximum atomic E-state index is 11.7. The molecule has 4 amide bonds. The zero-order valence-corrected chi connectivity index (χ0v) is 11.9. The van der Waals surface area contributed by atoms with Crippen molar-refractivity contribution in [1.82, 2.24) is 8.61 Å². The highest BCUT2D eigenvalue weighted by atomic mass is 32.3. The molecule has 2 aliphatic rings. The van der Waals surface area contributed by atoms with Gasteiger partial charge in [0.2, 0.25) is 23.6 Å². The highest BCUT2D eigenvalue weighted by Crippen LogP contribution is 2.27. The molecule has 0 aliphatic carbocycles. The molecule has 0 atom stereocenters. The lowest BCUT2D eigenvalue weighted by molar-refractivity contribution is -0.133. The molecule has 116 valence electrons. The van der Waals surface area contributed by atoms with Gasteiger partial charge in [-0.1, -0.05) is 0 Å². The highest BCUT2D eigenvalue weighted by molar-refractivity contribution is 8.11. The quantitative estimate of drug-likeness (QED) is 0.540. The first-order valence-electron chi connectivity index (χ1n) is 5.52. The minimum atomic E-state index is -5.18. The SMILES string of the molecule is O=C1CCC(=O)N1S(=O)(=O)[N-]S(=O)(=O)N1C(=O)CCC1=O. The summed E-state index contributed by atoms with van der Waals surface area (Å²) in [5, 5.41) is 0. The Kier molecular flexibility index (Phi) is 3.59. The second-order valence-corrected chi connectivity index (χ2v) is 7.25. The first-order chi connectivity index (χ1) is 9.56. The van der Waals surface area contributed by atoms with Gasteiger partial charge in [0, 0.05) is 25.7 Å². The van der Waals surface area contributed by atoms with Crippen molar-refractivity contribution in [3.05, 3.63) is 4.13 Å². The number of hydrogen-bond acceptors (Lipinski definition) is 8. The van der Waals surface area contributed by atoms with Gasteiger partial charge < -0.3 is 4.13 Å². The van der Waals surface area contributed by atoms with Gasteiger partial charge in [-0.3, -0.25) is 19.2 Å². The molecular weight excluding hydrogens is 330 g/mol. The number of carbonyl (C=O) groups excluding carboxylic acids is 4. The Bertz CT molecular complexity index is 656. The maximum absolute atomic E-state index is 11.7. The number of rotatable bonds is 4. The van der Waals surface area contributed by atoms with Crippen LogP contribution in [0, 0.1) is 0 Å². The molecule has 2 rings (SSSR count). The molecule has 0 aromatic carbocycles. The number of nitrogens with zero attached hydrogens (tertiary/aromatic N) is 3. The molecule has 2 saturated heterocycles. The lowest BCUT2D eigenvalue weighted by Crippen LogP contribution is -2.40. The van der Waals surface area contributed by atoms with E-state index >= 15 is 0 Å². The molecule has 2 fully saturated rings. The van der Waals surface area contributed by atoms with Gasteiger partial charge in [-0.25, -0.2) is 16.8 Å². The van der Waals surface area contributed by atoms with Crippen molar-refractivity contribution in [3.8, 4) is 0 Å². The van der Waals surface area contributed by atoms with Crippen LogP contribution < -0.4 is 0 Å². The Labute approximate surface area is 119 Å². The standard InChI is InChI=1S/C8H8N3O8S2/c12-5-1-2-6(13)10(5)20(16,17)9-21(18,19)11-7(14)3-4-8(11)15/h1-4H2/q-1. The van der Waals surface area contributed by atoms with Crippen LogP contribution in [0.1, 0.15) is 25.7 Å². The van der Waals surface area contributed by atoms with Crippen molar-refractivity contribution in [1.29, 1.82) is 0 Å². The Morgan fingerprint density at radius 1 is 0.619 bits per heavy atom. The lowest BCUT2D eigenvalue weighted by Gasteiger charge is -2.28. The van der Waals surface area contributed by atoms with Crippen molar-refractivity contribution in [2.45, 2.75) is 25.7 Å². The smallest absolute Gasteiger partial charge is 0.242 e. The summed E-state index contributed by atoms with van der Waals surface area (Å²) in [5.41, 5.74) is 0. The molecule has 0 spiro atoms. The molecule has 0 unspecified atom stereocenters. The molecule has 0 saturated carbocycles. The normalized spacial score (nSPS) is 20.8. The summed E-state index contributed by atoms with van der Waals surface area (Å²) in [6.45, 7) is 0. The van der Waals surface area contributed by atoms with E-state index in [9.17, 15) is 36.0 Å². The fourth-order valence-electron chi connectivity index (χ4n) is 1.81. The van der Waals surface area contributed by atoms with Gasteiger partial charge in [0.1, 0.15) is 0 Å². The van der Waals surface area contributed by atoms with Gasteiger partial charge in [-0.05, 0) is 0 Å². The van der Waals surface area contributed by atoms with Gasteiger partial charge >= 0.3 is 0 Å². The minimum absolute atomic E-state index is 0.282. The second kappa shape index (κ2) is 4.85. The van der Waals surface area contributed by atoms with E-state index in [1.165, 1.54) is 0 Å². The van der Waals surface area contributed by atoms with E-state index in [2.05, 4.69) is 4.13 Å². The number of amides is 4. The molecule has 0 radical (unpaired) electrons. The van der Waals surface area contributed by atoms with Crippen LogP contribution in [0.25, 0.3) is 4.13 Å². The zero-order valence-electron chi connectivity index (χ0n) is 10.3. The maximum Gasteiger partial charge on any atom is 0.242 e. The summed E-state index contributed by atoms with van der Waals surface area (Å²) in [6, 6.07) is 0. The predicted octanol–water partition coefficient (Wildman–Crippen LogP) is -1.85. The van der Waals surface area contributed by atoms with Crippen LogP contribution >= 0.6 is 0 Å².